The first-order valence-electron chi connectivity index (χ1n) is 4.72. The lowest BCUT2D eigenvalue weighted by atomic mass is 10.4. The molecule has 0 heterocycles. The molecule has 0 amide bonds. The first kappa shape index (κ1) is 13.1. The minimum atomic E-state index is -0.203. The number of nitrogens with zero attached hydrogens (tertiary/aromatic N) is 1. The molecule has 4 heteroatoms. The lowest BCUT2D eigenvalue weighted by molar-refractivity contribution is -0.144. The standard InChI is InChI=1S/C10H19NO3/c1-4-6-11(7-8-13-3)9-10(12)14-5-2/h4H,1,5-9H2,2-3H3. The molecule has 0 saturated carbocycles. The summed E-state index contributed by atoms with van der Waals surface area (Å²) in [5, 5.41) is 0. The second kappa shape index (κ2) is 8.72. The number of esters is 1. The predicted molar refractivity (Wildman–Crippen MR) is 55.1 cm³/mol. The first-order chi connectivity index (χ1) is 6.74. The third kappa shape index (κ3) is 6.62. The Morgan fingerprint density at radius 2 is 2.29 bits per heavy atom. The number of ether oxygens (including phenoxy) is 2. The van der Waals surface area contributed by atoms with Gasteiger partial charge in [0.15, 0.2) is 0 Å². The molecule has 0 bridgehead atoms. The SMILES string of the molecule is C=CCN(CCOC)CC(=O)OCC. The summed E-state index contributed by atoms with van der Waals surface area (Å²) >= 11 is 0. The van der Waals surface area contributed by atoms with E-state index in [1.807, 2.05) is 4.90 Å². The first-order valence-corrected chi connectivity index (χ1v) is 4.72. The highest BCUT2D eigenvalue weighted by atomic mass is 16.5. The molecule has 0 fully saturated rings. The van der Waals surface area contributed by atoms with Crippen molar-refractivity contribution >= 4 is 5.97 Å². The van der Waals surface area contributed by atoms with Crippen molar-refractivity contribution < 1.29 is 14.3 Å². The van der Waals surface area contributed by atoms with Gasteiger partial charge < -0.3 is 9.47 Å². The number of carbonyl (C=O) groups is 1. The van der Waals surface area contributed by atoms with Gasteiger partial charge >= 0.3 is 5.97 Å². The van der Waals surface area contributed by atoms with Crippen LogP contribution in [0.3, 0.4) is 0 Å². The van der Waals surface area contributed by atoms with Crippen LogP contribution >= 0.6 is 0 Å². The van der Waals surface area contributed by atoms with E-state index in [0.29, 0.717) is 32.8 Å². The second-order valence-corrected chi connectivity index (χ2v) is 2.82. The highest BCUT2D eigenvalue weighted by molar-refractivity contribution is 5.71. The molecule has 0 atom stereocenters. The maximum atomic E-state index is 11.2. The van der Waals surface area contributed by atoms with Crippen LogP contribution in [0, 0.1) is 0 Å². The fraction of sp³-hybridized carbons (Fsp3) is 0.700. The van der Waals surface area contributed by atoms with E-state index in [1.165, 1.54) is 0 Å². The molecule has 4 nitrogen and oxygen atoms in total. The molecule has 0 saturated heterocycles. The monoisotopic (exact) mass is 201 g/mol. The Balaban J connectivity index is 3.81. The van der Waals surface area contributed by atoms with Crippen molar-refractivity contribution in [1.29, 1.82) is 0 Å². The van der Waals surface area contributed by atoms with E-state index in [-0.39, 0.29) is 5.97 Å². The zero-order chi connectivity index (χ0) is 10.8. The van der Waals surface area contributed by atoms with Crippen molar-refractivity contribution in [2.45, 2.75) is 6.92 Å². The van der Waals surface area contributed by atoms with Crippen molar-refractivity contribution in [2.24, 2.45) is 0 Å². The maximum Gasteiger partial charge on any atom is 0.320 e. The van der Waals surface area contributed by atoms with Crippen LogP contribution in [0.15, 0.2) is 12.7 Å². The quantitative estimate of drug-likeness (QED) is 0.428. The van der Waals surface area contributed by atoms with Gasteiger partial charge in [-0.1, -0.05) is 6.08 Å². The molecule has 0 rings (SSSR count). The van der Waals surface area contributed by atoms with E-state index in [4.69, 9.17) is 9.47 Å². The molecule has 0 aromatic carbocycles. The minimum Gasteiger partial charge on any atom is -0.465 e. The Kier molecular flexibility index (Phi) is 8.17. The summed E-state index contributed by atoms with van der Waals surface area (Å²) in [7, 11) is 1.64. The largest absolute Gasteiger partial charge is 0.465 e. The second-order valence-electron chi connectivity index (χ2n) is 2.82. The summed E-state index contributed by atoms with van der Waals surface area (Å²) in [6.07, 6.45) is 1.76. The molecule has 0 radical (unpaired) electrons. The summed E-state index contributed by atoms with van der Waals surface area (Å²) in [5.41, 5.74) is 0. The Morgan fingerprint density at radius 1 is 1.57 bits per heavy atom. The van der Waals surface area contributed by atoms with Gasteiger partial charge in [0.1, 0.15) is 0 Å². The molecule has 0 aliphatic carbocycles. The normalized spacial score (nSPS) is 10.2. The topological polar surface area (TPSA) is 38.8 Å². The Morgan fingerprint density at radius 3 is 2.79 bits per heavy atom. The van der Waals surface area contributed by atoms with E-state index in [0.717, 1.165) is 0 Å². The van der Waals surface area contributed by atoms with Crippen LogP contribution in [-0.4, -0.2) is 50.8 Å². The summed E-state index contributed by atoms with van der Waals surface area (Å²) < 4.78 is 9.78. The van der Waals surface area contributed by atoms with E-state index in [9.17, 15) is 4.79 Å². The highest BCUT2D eigenvalue weighted by Crippen LogP contribution is 1.91. The molecule has 14 heavy (non-hydrogen) atoms. The summed E-state index contributed by atoms with van der Waals surface area (Å²) in [6.45, 7) is 8.12. The van der Waals surface area contributed by atoms with Gasteiger partial charge in [-0.15, -0.1) is 6.58 Å². The van der Waals surface area contributed by atoms with Crippen molar-refractivity contribution in [1.82, 2.24) is 4.90 Å². The van der Waals surface area contributed by atoms with Crippen molar-refractivity contribution in [3.05, 3.63) is 12.7 Å². The van der Waals surface area contributed by atoms with Gasteiger partial charge in [0.2, 0.25) is 0 Å². The van der Waals surface area contributed by atoms with E-state index >= 15 is 0 Å². The lowest BCUT2D eigenvalue weighted by Gasteiger charge is -2.18. The van der Waals surface area contributed by atoms with Crippen LogP contribution in [0.5, 0.6) is 0 Å². The van der Waals surface area contributed by atoms with Crippen molar-refractivity contribution in [3.63, 3.8) is 0 Å². The van der Waals surface area contributed by atoms with E-state index in [2.05, 4.69) is 6.58 Å². The van der Waals surface area contributed by atoms with Crippen LogP contribution in [-0.2, 0) is 14.3 Å². The number of carbonyl (C=O) groups excluding carboxylic acids is 1. The zero-order valence-corrected chi connectivity index (χ0v) is 8.99. The number of hydrogen-bond donors (Lipinski definition) is 0. The molecule has 82 valence electrons. The van der Waals surface area contributed by atoms with Crippen LogP contribution in [0.1, 0.15) is 6.92 Å². The van der Waals surface area contributed by atoms with Gasteiger partial charge in [-0.05, 0) is 6.92 Å². The van der Waals surface area contributed by atoms with E-state index in [1.54, 1.807) is 20.1 Å². The lowest BCUT2D eigenvalue weighted by Crippen LogP contribution is -2.33. The number of rotatable bonds is 8. The highest BCUT2D eigenvalue weighted by Gasteiger charge is 2.09. The molecule has 0 aliphatic rings. The molecule has 0 spiro atoms. The van der Waals surface area contributed by atoms with Crippen LogP contribution in [0.2, 0.25) is 0 Å². The molecule has 0 aromatic rings. The average molecular weight is 201 g/mol. The summed E-state index contributed by atoms with van der Waals surface area (Å²) in [6, 6.07) is 0. The van der Waals surface area contributed by atoms with Gasteiger partial charge in [0.25, 0.3) is 0 Å². The molecule has 0 aromatic heterocycles. The molecule has 0 N–H and O–H groups in total. The molecular formula is C10H19NO3. The molecule has 0 unspecified atom stereocenters. The number of methoxy groups -OCH3 is 1. The van der Waals surface area contributed by atoms with E-state index < -0.39 is 0 Å². The smallest absolute Gasteiger partial charge is 0.320 e. The van der Waals surface area contributed by atoms with Gasteiger partial charge in [-0.3, -0.25) is 9.69 Å². The number of hydrogen-bond acceptors (Lipinski definition) is 4. The van der Waals surface area contributed by atoms with Crippen LogP contribution < -0.4 is 0 Å². The molecule has 0 aliphatic heterocycles. The third-order valence-electron chi connectivity index (χ3n) is 1.66. The van der Waals surface area contributed by atoms with Crippen LogP contribution in [0.25, 0.3) is 0 Å². The Bertz CT molecular complexity index is 171. The van der Waals surface area contributed by atoms with Crippen molar-refractivity contribution in [3.8, 4) is 0 Å². The van der Waals surface area contributed by atoms with Crippen molar-refractivity contribution in [2.75, 3.05) is 40.0 Å². The maximum absolute atomic E-state index is 11.2. The van der Waals surface area contributed by atoms with Gasteiger partial charge in [0.05, 0.1) is 19.8 Å². The molecular weight excluding hydrogens is 182 g/mol. The summed E-state index contributed by atoms with van der Waals surface area (Å²) in [4.78, 5) is 13.1. The minimum absolute atomic E-state index is 0.203. The third-order valence-corrected chi connectivity index (χ3v) is 1.66. The van der Waals surface area contributed by atoms with Gasteiger partial charge in [0, 0.05) is 20.2 Å². The van der Waals surface area contributed by atoms with Gasteiger partial charge in [-0.25, -0.2) is 0 Å². The predicted octanol–water partition coefficient (Wildman–Crippen LogP) is 0.684. The summed E-state index contributed by atoms with van der Waals surface area (Å²) in [5.74, 6) is -0.203. The fourth-order valence-corrected chi connectivity index (χ4v) is 1.03. The zero-order valence-electron chi connectivity index (χ0n) is 8.99. The Labute approximate surface area is 85.5 Å². The fourth-order valence-electron chi connectivity index (χ4n) is 1.03. The average Bonchev–Trinajstić information content (AvgIpc) is 2.15. The van der Waals surface area contributed by atoms with Crippen LogP contribution in [0.4, 0.5) is 0 Å². The Hall–Kier alpha value is -0.870. The van der Waals surface area contributed by atoms with Gasteiger partial charge in [-0.2, -0.15) is 0 Å².